The summed E-state index contributed by atoms with van der Waals surface area (Å²) >= 11 is 9.31. The number of amides is 1. The van der Waals surface area contributed by atoms with Crippen molar-refractivity contribution in [2.24, 2.45) is 0 Å². The number of rotatable bonds is 3. The van der Waals surface area contributed by atoms with Gasteiger partial charge in [0.1, 0.15) is 0 Å². The average Bonchev–Trinajstić information content (AvgIpc) is 2.42. The van der Waals surface area contributed by atoms with E-state index in [0.29, 0.717) is 11.4 Å². The van der Waals surface area contributed by atoms with E-state index in [9.17, 15) is 4.79 Å². The summed E-state index contributed by atoms with van der Waals surface area (Å²) in [5, 5.41) is 3.62. The Morgan fingerprint density at radius 1 is 1.10 bits per heavy atom. The molecule has 0 aliphatic heterocycles. The van der Waals surface area contributed by atoms with Crippen molar-refractivity contribution in [3.63, 3.8) is 0 Å². The summed E-state index contributed by atoms with van der Waals surface area (Å²) in [7, 11) is 0. The third-order valence-corrected chi connectivity index (χ3v) is 4.38. The van der Waals surface area contributed by atoms with Gasteiger partial charge in [-0.2, -0.15) is 0 Å². The maximum absolute atomic E-state index is 12.1. The van der Waals surface area contributed by atoms with E-state index in [1.165, 1.54) is 0 Å². The molecule has 2 nitrogen and oxygen atoms in total. The molecule has 0 aliphatic carbocycles. The fourth-order valence-corrected chi connectivity index (χ4v) is 2.46. The zero-order valence-corrected chi connectivity index (χ0v) is 13.7. The van der Waals surface area contributed by atoms with Gasteiger partial charge >= 0.3 is 0 Å². The van der Waals surface area contributed by atoms with Crippen molar-refractivity contribution < 1.29 is 4.79 Å². The first-order valence-electron chi connectivity index (χ1n) is 6.27. The average molecular weight is 353 g/mol. The lowest BCUT2D eigenvalue weighted by Gasteiger charge is -2.12. The predicted octanol–water partition coefficient (Wildman–Crippen LogP) is 4.90. The Balaban J connectivity index is 2.08. The van der Waals surface area contributed by atoms with E-state index >= 15 is 0 Å². The van der Waals surface area contributed by atoms with Crippen molar-refractivity contribution in [2.45, 2.75) is 20.3 Å². The van der Waals surface area contributed by atoms with Gasteiger partial charge in [0.05, 0.1) is 6.42 Å². The lowest BCUT2D eigenvalue weighted by atomic mass is 10.1. The fraction of sp³-hybridized carbons (Fsp3) is 0.188. The van der Waals surface area contributed by atoms with Crippen molar-refractivity contribution in [3.05, 3.63) is 62.6 Å². The van der Waals surface area contributed by atoms with Crippen molar-refractivity contribution in [2.75, 3.05) is 5.32 Å². The summed E-state index contributed by atoms with van der Waals surface area (Å²) in [5.74, 6) is -0.0304. The van der Waals surface area contributed by atoms with Crippen molar-refractivity contribution in [1.82, 2.24) is 0 Å². The molecule has 0 saturated carbocycles. The summed E-state index contributed by atoms with van der Waals surface area (Å²) in [6, 6.07) is 11.2. The molecule has 1 amide bonds. The Labute approximate surface area is 132 Å². The molecule has 4 heteroatoms. The van der Waals surface area contributed by atoms with Crippen molar-refractivity contribution in [3.8, 4) is 0 Å². The van der Waals surface area contributed by atoms with Crippen LogP contribution in [0, 0.1) is 13.8 Å². The topological polar surface area (TPSA) is 29.1 Å². The molecule has 0 spiro atoms. The van der Waals surface area contributed by atoms with Gasteiger partial charge in [-0.3, -0.25) is 4.79 Å². The molecule has 2 aromatic carbocycles. The third-order valence-electron chi connectivity index (χ3n) is 3.27. The van der Waals surface area contributed by atoms with Crippen molar-refractivity contribution >= 4 is 39.1 Å². The van der Waals surface area contributed by atoms with Crippen LogP contribution in [0.25, 0.3) is 0 Å². The molecular weight excluding hydrogens is 338 g/mol. The Morgan fingerprint density at radius 3 is 2.40 bits per heavy atom. The molecule has 0 unspecified atom stereocenters. The number of nitrogens with one attached hydrogen (secondary N) is 1. The number of anilines is 1. The molecule has 20 heavy (non-hydrogen) atoms. The normalized spacial score (nSPS) is 10.4. The highest BCUT2D eigenvalue weighted by atomic mass is 79.9. The monoisotopic (exact) mass is 351 g/mol. The molecule has 0 saturated heterocycles. The van der Waals surface area contributed by atoms with E-state index in [1.807, 2.05) is 38.1 Å². The fourth-order valence-electron chi connectivity index (χ4n) is 1.91. The van der Waals surface area contributed by atoms with Crippen LogP contribution in [0.2, 0.25) is 5.02 Å². The van der Waals surface area contributed by atoms with Gasteiger partial charge in [-0.25, -0.2) is 0 Å². The highest BCUT2D eigenvalue weighted by Gasteiger charge is 2.08. The maximum atomic E-state index is 12.1. The van der Waals surface area contributed by atoms with Crippen molar-refractivity contribution in [1.29, 1.82) is 0 Å². The van der Waals surface area contributed by atoms with Crippen LogP contribution in [0.3, 0.4) is 0 Å². The number of hydrogen-bond donors (Lipinski definition) is 1. The van der Waals surface area contributed by atoms with E-state index < -0.39 is 0 Å². The molecule has 0 radical (unpaired) electrons. The quantitative estimate of drug-likeness (QED) is 0.836. The lowest BCUT2D eigenvalue weighted by Crippen LogP contribution is -2.15. The minimum absolute atomic E-state index is 0.0304. The van der Waals surface area contributed by atoms with Gasteiger partial charge in [-0.05, 0) is 54.8 Å². The lowest BCUT2D eigenvalue weighted by molar-refractivity contribution is -0.115. The minimum atomic E-state index is -0.0304. The van der Waals surface area contributed by atoms with Crippen LogP contribution in [-0.4, -0.2) is 5.91 Å². The standard InChI is InChI=1S/C16H15BrClNO/c1-10-11(2)15(8-7-14(10)17)19-16(20)9-12-3-5-13(18)6-4-12/h3-8H,9H2,1-2H3,(H,19,20). The van der Waals surface area contributed by atoms with Crippen LogP contribution in [0.5, 0.6) is 0 Å². The smallest absolute Gasteiger partial charge is 0.228 e. The van der Waals surface area contributed by atoms with Gasteiger partial charge in [0.15, 0.2) is 0 Å². The maximum Gasteiger partial charge on any atom is 0.228 e. The summed E-state index contributed by atoms with van der Waals surface area (Å²) in [4.78, 5) is 12.1. The molecule has 0 aromatic heterocycles. The van der Waals surface area contributed by atoms with Gasteiger partial charge in [-0.1, -0.05) is 39.7 Å². The number of halogens is 2. The van der Waals surface area contributed by atoms with Gasteiger partial charge in [0, 0.05) is 15.2 Å². The van der Waals surface area contributed by atoms with Crippen LogP contribution in [0.1, 0.15) is 16.7 Å². The number of carbonyl (C=O) groups is 1. The van der Waals surface area contributed by atoms with E-state index in [2.05, 4.69) is 21.2 Å². The third kappa shape index (κ3) is 3.62. The van der Waals surface area contributed by atoms with Crippen LogP contribution in [0.4, 0.5) is 5.69 Å². The number of hydrogen-bond acceptors (Lipinski definition) is 1. The SMILES string of the molecule is Cc1c(Br)ccc(NC(=O)Cc2ccc(Cl)cc2)c1C. The van der Waals surface area contributed by atoms with Crippen LogP contribution >= 0.6 is 27.5 Å². The summed E-state index contributed by atoms with van der Waals surface area (Å²) in [6.07, 6.45) is 0.339. The first-order chi connectivity index (χ1) is 9.47. The zero-order valence-electron chi connectivity index (χ0n) is 11.3. The number of benzene rings is 2. The summed E-state index contributed by atoms with van der Waals surface area (Å²) in [5.41, 5.74) is 4.00. The van der Waals surface area contributed by atoms with E-state index in [4.69, 9.17) is 11.6 Å². The van der Waals surface area contributed by atoms with E-state index in [-0.39, 0.29) is 5.91 Å². The molecule has 2 aromatic rings. The predicted molar refractivity (Wildman–Crippen MR) is 87.4 cm³/mol. The van der Waals surface area contributed by atoms with Gasteiger partial charge < -0.3 is 5.32 Å². The van der Waals surface area contributed by atoms with Crippen LogP contribution < -0.4 is 5.32 Å². The summed E-state index contributed by atoms with van der Waals surface area (Å²) < 4.78 is 1.05. The summed E-state index contributed by atoms with van der Waals surface area (Å²) in [6.45, 7) is 4.02. The molecule has 0 heterocycles. The van der Waals surface area contributed by atoms with Gasteiger partial charge in [0.25, 0.3) is 0 Å². The molecule has 0 bridgehead atoms. The first-order valence-corrected chi connectivity index (χ1v) is 7.44. The van der Waals surface area contributed by atoms with Gasteiger partial charge in [-0.15, -0.1) is 0 Å². The second kappa shape index (κ2) is 6.42. The minimum Gasteiger partial charge on any atom is -0.326 e. The zero-order chi connectivity index (χ0) is 14.7. The highest BCUT2D eigenvalue weighted by molar-refractivity contribution is 9.10. The second-order valence-corrected chi connectivity index (χ2v) is 5.99. The molecular formula is C16H15BrClNO. The Kier molecular flexibility index (Phi) is 4.84. The molecule has 0 aliphatic rings. The van der Waals surface area contributed by atoms with E-state index in [1.54, 1.807) is 12.1 Å². The Hall–Kier alpha value is -1.32. The molecule has 104 valence electrons. The Morgan fingerprint density at radius 2 is 1.75 bits per heavy atom. The van der Waals surface area contributed by atoms with Gasteiger partial charge in [0.2, 0.25) is 5.91 Å². The largest absolute Gasteiger partial charge is 0.326 e. The first kappa shape index (κ1) is 15.1. The second-order valence-electron chi connectivity index (χ2n) is 4.70. The molecule has 1 N–H and O–H groups in total. The molecule has 0 fully saturated rings. The van der Waals surface area contributed by atoms with Crippen LogP contribution in [0.15, 0.2) is 40.9 Å². The van der Waals surface area contributed by atoms with E-state index in [0.717, 1.165) is 26.9 Å². The molecule has 2 rings (SSSR count). The molecule has 0 atom stereocenters. The highest BCUT2D eigenvalue weighted by Crippen LogP contribution is 2.26. The van der Waals surface area contributed by atoms with Crippen LogP contribution in [-0.2, 0) is 11.2 Å². The number of carbonyl (C=O) groups excluding carboxylic acids is 1. The Bertz CT molecular complexity index is 638.